The van der Waals surface area contributed by atoms with Crippen molar-refractivity contribution in [2.24, 2.45) is 0 Å². The van der Waals surface area contributed by atoms with Gasteiger partial charge in [0.15, 0.2) is 0 Å². The van der Waals surface area contributed by atoms with Crippen LogP contribution in [0.5, 0.6) is 0 Å². The molecular formula is C24H44NNaO5. The van der Waals surface area contributed by atoms with Crippen LogP contribution in [0.25, 0.3) is 0 Å². The van der Waals surface area contributed by atoms with Gasteiger partial charge in [0.2, 0.25) is 0 Å². The standard InChI is InChI=1S/C24H45NO5.Na/c1-3-5-7-8-9-10-11-12-13-14-15-17-23(28)30-24(29)21(18-19-22(26)27)25-20-16-6-4-2;/h21,25H,3-20H2,1-2H3,(H,26,27);/q;+1/p-1. The van der Waals surface area contributed by atoms with Crippen LogP contribution < -0.4 is 40.0 Å². The minimum absolute atomic E-state index is 0. The van der Waals surface area contributed by atoms with Gasteiger partial charge in [-0.1, -0.05) is 90.9 Å². The first-order chi connectivity index (χ1) is 14.5. The van der Waals surface area contributed by atoms with Crippen molar-refractivity contribution >= 4 is 17.9 Å². The van der Waals surface area contributed by atoms with Crippen molar-refractivity contribution in [2.75, 3.05) is 6.54 Å². The fourth-order valence-corrected chi connectivity index (χ4v) is 3.38. The van der Waals surface area contributed by atoms with Gasteiger partial charge in [0.1, 0.15) is 6.04 Å². The Morgan fingerprint density at radius 1 is 0.742 bits per heavy atom. The first kappa shape index (κ1) is 32.7. The Morgan fingerprint density at radius 3 is 1.74 bits per heavy atom. The fraction of sp³-hybridized carbons (Fsp3) is 0.875. The number of esters is 2. The van der Waals surface area contributed by atoms with Gasteiger partial charge >= 0.3 is 41.5 Å². The van der Waals surface area contributed by atoms with E-state index in [2.05, 4.69) is 19.2 Å². The van der Waals surface area contributed by atoms with Crippen LogP contribution in [0.1, 0.15) is 123 Å². The molecule has 1 N–H and O–H groups in total. The van der Waals surface area contributed by atoms with E-state index in [9.17, 15) is 19.5 Å². The summed E-state index contributed by atoms with van der Waals surface area (Å²) in [5, 5.41) is 13.7. The van der Waals surface area contributed by atoms with E-state index < -0.39 is 23.9 Å². The molecule has 176 valence electrons. The van der Waals surface area contributed by atoms with Crippen molar-refractivity contribution in [3.63, 3.8) is 0 Å². The van der Waals surface area contributed by atoms with Crippen LogP contribution >= 0.6 is 0 Å². The van der Waals surface area contributed by atoms with E-state index in [4.69, 9.17) is 4.74 Å². The number of hydrogen-bond acceptors (Lipinski definition) is 6. The molecule has 0 aliphatic rings. The number of rotatable bonds is 21. The molecule has 7 heteroatoms. The number of hydrogen-bond donors (Lipinski definition) is 1. The second-order valence-corrected chi connectivity index (χ2v) is 8.20. The van der Waals surface area contributed by atoms with Gasteiger partial charge in [-0.2, -0.15) is 0 Å². The van der Waals surface area contributed by atoms with Gasteiger partial charge in [-0.3, -0.25) is 4.79 Å². The van der Waals surface area contributed by atoms with Gasteiger partial charge in [-0.15, -0.1) is 0 Å². The van der Waals surface area contributed by atoms with Crippen molar-refractivity contribution in [1.82, 2.24) is 5.32 Å². The number of aliphatic carboxylic acids is 1. The zero-order valence-electron chi connectivity index (χ0n) is 20.3. The van der Waals surface area contributed by atoms with Crippen LogP contribution in [0.4, 0.5) is 0 Å². The molecule has 6 nitrogen and oxygen atoms in total. The Labute approximate surface area is 211 Å². The van der Waals surface area contributed by atoms with Gasteiger partial charge in [-0.05, 0) is 32.2 Å². The van der Waals surface area contributed by atoms with E-state index in [0.717, 1.165) is 38.5 Å². The molecule has 0 amide bonds. The number of ether oxygens (including phenoxy) is 1. The molecule has 0 heterocycles. The summed E-state index contributed by atoms with van der Waals surface area (Å²) >= 11 is 0. The zero-order valence-corrected chi connectivity index (χ0v) is 22.3. The maximum Gasteiger partial charge on any atom is 1.00 e. The second-order valence-electron chi connectivity index (χ2n) is 8.20. The van der Waals surface area contributed by atoms with E-state index in [-0.39, 0.29) is 48.8 Å². The Balaban J connectivity index is 0. The van der Waals surface area contributed by atoms with Gasteiger partial charge in [-0.25, -0.2) is 4.79 Å². The summed E-state index contributed by atoms with van der Waals surface area (Å²) in [5.41, 5.74) is 0. The molecule has 31 heavy (non-hydrogen) atoms. The Morgan fingerprint density at radius 2 is 1.23 bits per heavy atom. The summed E-state index contributed by atoms with van der Waals surface area (Å²) in [5.74, 6) is -2.42. The van der Waals surface area contributed by atoms with Crippen molar-refractivity contribution in [3.8, 4) is 0 Å². The van der Waals surface area contributed by atoms with Crippen LogP contribution in [0, 0.1) is 0 Å². The van der Waals surface area contributed by atoms with Gasteiger partial charge < -0.3 is 20.0 Å². The molecule has 0 saturated heterocycles. The molecule has 1 unspecified atom stereocenters. The smallest absolute Gasteiger partial charge is 0.550 e. The summed E-state index contributed by atoms with van der Waals surface area (Å²) in [4.78, 5) is 34.8. The van der Waals surface area contributed by atoms with Crippen LogP contribution in [0.3, 0.4) is 0 Å². The molecule has 0 spiro atoms. The molecule has 0 rings (SSSR count). The first-order valence-electron chi connectivity index (χ1n) is 12.2. The van der Waals surface area contributed by atoms with Crippen molar-refractivity contribution in [1.29, 1.82) is 0 Å². The van der Waals surface area contributed by atoms with Gasteiger partial charge in [0, 0.05) is 12.4 Å². The molecule has 0 bridgehead atoms. The largest absolute Gasteiger partial charge is 1.00 e. The summed E-state index contributed by atoms with van der Waals surface area (Å²) in [6, 6.07) is -0.777. The van der Waals surface area contributed by atoms with Crippen LogP contribution in [-0.4, -0.2) is 30.5 Å². The average molecular weight is 450 g/mol. The predicted molar refractivity (Wildman–Crippen MR) is 118 cm³/mol. The number of carboxylic acid groups (broad SMARTS) is 1. The van der Waals surface area contributed by atoms with Crippen LogP contribution in [0.15, 0.2) is 0 Å². The maximum atomic E-state index is 12.2. The number of carbonyl (C=O) groups excluding carboxylic acids is 3. The van der Waals surface area contributed by atoms with E-state index in [1.165, 1.54) is 51.4 Å². The third-order valence-corrected chi connectivity index (χ3v) is 5.29. The molecule has 0 aromatic carbocycles. The van der Waals surface area contributed by atoms with E-state index >= 15 is 0 Å². The van der Waals surface area contributed by atoms with E-state index in [1.54, 1.807) is 0 Å². The van der Waals surface area contributed by atoms with Crippen molar-refractivity contribution < 1.29 is 53.8 Å². The number of carboxylic acids is 1. The monoisotopic (exact) mass is 449 g/mol. The number of unbranched alkanes of at least 4 members (excludes halogenated alkanes) is 12. The molecule has 0 aliphatic carbocycles. The van der Waals surface area contributed by atoms with Crippen LogP contribution in [-0.2, 0) is 19.1 Å². The Kier molecular flexibility index (Phi) is 25.6. The van der Waals surface area contributed by atoms with E-state index in [1.807, 2.05) is 0 Å². The van der Waals surface area contributed by atoms with Crippen molar-refractivity contribution in [2.45, 2.75) is 129 Å². The summed E-state index contributed by atoms with van der Waals surface area (Å²) in [6.45, 7) is 4.90. The third-order valence-electron chi connectivity index (χ3n) is 5.29. The average Bonchev–Trinajstić information content (AvgIpc) is 2.71. The number of nitrogens with one attached hydrogen (secondary N) is 1. The second kappa shape index (κ2) is 24.2. The SMILES string of the molecule is CCCCCCCCCCCCCC(=O)OC(=O)C(CCC(=O)[O-])NCCCCC.[Na+]. The first-order valence-corrected chi connectivity index (χ1v) is 12.2. The molecule has 0 saturated carbocycles. The molecule has 0 fully saturated rings. The molecule has 0 aliphatic heterocycles. The number of carbonyl (C=O) groups is 3. The molecule has 1 atom stereocenters. The predicted octanol–water partition coefficient (Wildman–Crippen LogP) is 1.44. The minimum atomic E-state index is -1.21. The summed E-state index contributed by atoms with van der Waals surface area (Å²) in [6.07, 6.45) is 16.1. The zero-order chi connectivity index (χ0) is 22.5. The van der Waals surface area contributed by atoms with Gasteiger partial charge in [0.05, 0.1) is 0 Å². The maximum absolute atomic E-state index is 12.2. The summed E-state index contributed by atoms with van der Waals surface area (Å²) in [7, 11) is 0. The molecule has 0 radical (unpaired) electrons. The summed E-state index contributed by atoms with van der Waals surface area (Å²) < 4.78 is 4.94. The third kappa shape index (κ3) is 22.6. The molecular weight excluding hydrogens is 405 g/mol. The van der Waals surface area contributed by atoms with Gasteiger partial charge in [0.25, 0.3) is 0 Å². The topological polar surface area (TPSA) is 95.5 Å². The normalized spacial score (nSPS) is 11.5. The van der Waals surface area contributed by atoms with Crippen molar-refractivity contribution in [3.05, 3.63) is 0 Å². The quantitative estimate of drug-likeness (QED) is 0.123. The Hall–Kier alpha value is -0.430. The van der Waals surface area contributed by atoms with E-state index in [0.29, 0.717) is 6.54 Å². The molecule has 0 aromatic rings. The fourth-order valence-electron chi connectivity index (χ4n) is 3.38. The minimum Gasteiger partial charge on any atom is -0.550 e. The van der Waals surface area contributed by atoms with Crippen LogP contribution in [0.2, 0.25) is 0 Å². The molecule has 0 aromatic heterocycles. The Bertz CT molecular complexity index is 459.